The van der Waals surface area contributed by atoms with Gasteiger partial charge in [-0.1, -0.05) is 36.4 Å². The van der Waals surface area contributed by atoms with Gasteiger partial charge in [0, 0.05) is 6.54 Å². The first-order valence-corrected chi connectivity index (χ1v) is 12.3. The zero-order valence-corrected chi connectivity index (χ0v) is 19.0. The Hall–Kier alpha value is -3.57. The molecule has 34 heavy (non-hydrogen) atoms. The highest BCUT2D eigenvalue weighted by Gasteiger charge is 2.36. The van der Waals surface area contributed by atoms with Crippen molar-refractivity contribution in [3.05, 3.63) is 82.9 Å². The predicted molar refractivity (Wildman–Crippen MR) is 122 cm³/mol. The third kappa shape index (κ3) is 4.70. The summed E-state index contributed by atoms with van der Waals surface area (Å²) in [6.45, 7) is 2.02. The number of carbonyl (C=O) groups excluding carboxylic acids is 1. The van der Waals surface area contributed by atoms with E-state index in [1.54, 1.807) is 37.3 Å². The average Bonchev–Trinajstić information content (AvgIpc) is 3.36. The molecule has 1 aliphatic heterocycles. The van der Waals surface area contributed by atoms with Crippen molar-refractivity contribution >= 4 is 21.7 Å². The van der Waals surface area contributed by atoms with Gasteiger partial charge in [0.1, 0.15) is 11.5 Å². The van der Waals surface area contributed by atoms with E-state index in [9.17, 15) is 27.5 Å². The van der Waals surface area contributed by atoms with Gasteiger partial charge in [-0.25, -0.2) is 17.5 Å². The van der Waals surface area contributed by atoms with Crippen LogP contribution in [0.15, 0.2) is 54.6 Å². The van der Waals surface area contributed by atoms with Crippen LogP contribution in [0.4, 0.5) is 4.39 Å². The standard InChI is InChI=1S/C23H23FN4O5S/c1-14-6-2-3-7-15(14)17(13-21(29)30)26-22(31)18-12-20(23-25-10-11-34(23,32)33)28(27-18)19-9-5-4-8-16(19)24/h2-9,12,17,23,25H,10-11,13H2,1H3,(H,26,31)(H,29,30)/t17-,23?/m0/s1. The molecule has 9 nitrogen and oxygen atoms in total. The maximum absolute atomic E-state index is 14.6. The van der Waals surface area contributed by atoms with Crippen LogP contribution in [0.5, 0.6) is 0 Å². The Bertz CT molecular complexity index is 1350. The van der Waals surface area contributed by atoms with Crippen molar-refractivity contribution < 1.29 is 27.5 Å². The molecule has 1 unspecified atom stereocenters. The van der Waals surface area contributed by atoms with Gasteiger partial charge in [-0.3, -0.25) is 14.9 Å². The number of aliphatic carboxylic acids is 1. The Labute approximate surface area is 195 Å². The average molecular weight is 487 g/mol. The Morgan fingerprint density at radius 1 is 1.24 bits per heavy atom. The Morgan fingerprint density at radius 2 is 1.94 bits per heavy atom. The molecule has 1 saturated heterocycles. The van der Waals surface area contributed by atoms with E-state index in [2.05, 4.69) is 15.7 Å². The first-order chi connectivity index (χ1) is 16.2. The summed E-state index contributed by atoms with van der Waals surface area (Å²) in [4.78, 5) is 24.6. The summed E-state index contributed by atoms with van der Waals surface area (Å²) in [6.07, 6.45) is -0.365. The Kier molecular flexibility index (Phi) is 6.49. The van der Waals surface area contributed by atoms with Crippen LogP contribution in [0.25, 0.3) is 5.69 Å². The Balaban J connectivity index is 1.74. The van der Waals surface area contributed by atoms with Crippen molar-refractivity contribution in [2.24, 2.45) is 0 Å². The van der Waals surface area contributed by atoms with E-state index in [4.69, 9.17) is 0 Å². The zero-order chi connectivity index (χ0) is 24.5. The van der Waals surface area contributed by atoms with Gasteiger partial charge in [-0.05, 0) is 36.2 Å². The van der Waals surface area contributed by atoms with E-state index in [0.29, 0.717) is 5.56 Å². The lowest BCUT2D eigenvalue weighted by Crippen LogP contribution is -2.31. The number of carbonyl (C=O) groups is 2. The molecule has 11 heteroatoms. The fourth-order valence-corrected chi connectivity index (χ4v) is 5.54. The lowest BCUT2D eigenvalue weighted by Gasteiger charge is -2.18. The number of halogens is 1. The van der Waals surface area contributed by atoms with Crippen LogP contribution in [-0.4, -0.2) is 47.5 Å². The number of benzene rings is 2. The highest BCUT2D eigenvalue weighted by molar-refractivity contribution is 7.91. The normalized spacial score (nSPS) is 17.9. The van der Waals surface area contributed by atoms with E-state index in [1.165, 1.54) is 24.3 Å². The topological polar surface area (TPSA) is 130 Å². The zero-order valence-electron chi connectivity index (χ0n) is 18.2. The van der Waals surface area contributed by atoms with Gasteiger partial charge < -0.3 is 10.4 Å². The lowest BCUT2D eigenvalue weighted by atomic mass is 9.98. The van der Waals surface area contributed by atoms with Gasteiger partial charge in [-0.15, -0.1) is 0 Å². The maximum atomic E-state index is 14.6. The van der Waals surface area contributed by atoms with Crippen LogP contribution < -0.4 is 10.6 Å². The molecule has 3 N–H and O–H groups in total. The van der Waals surface area contributed by atoms with Gasteiger partial charge in [-0.2, -0.15) is 5.10 Å². The van der Waals surface area contributed by atoms with Crippen molar-refractivity contribution in [2.75, 3.05) is 12.3 Å². The smallest absolute Gasteiger partial charge is 0.305 e. The van der Waals surface area contributed by atoms with Crippen molar-refractivity contribution in [2.45, 2.75) is 24.8 Å². The number of carboxylic acids is 1. The van der Waals surface area contributed by atoms with Crippen molar-refractivity contribution in [1.82, 2.24) is 20.4 Å². The molecule has 1 amide bonds. The number of para-hydroxylation sites is 1. The van der Waals surface area contributed by atoms with Gasteiger partial charge in [0.15, 0.2) is 20.9 Å². The highest BCUT2D eigenvalue weighted by Crippen LogP contribution is 2.29. The molecule has 0 saturated carbocycles. The SMILES string of the molecule is Cc1ccccc1[C@H](CC(=O)O)NC(=O)c1cc(C2NCCS2(=O)=O)n(-c2ccccc2F)n1. The molecule has 0 spiro atoms. The number of rotatable bonds is 7. The maximum Gasteiger partial charge on any atom is 0.305 e. The molecular weight excluding hydrogens is 463 g/mol. The number of aromatic nitrogens is 2. The minimum atomic E-state index is -3.59. The fourth-order valence-electron chi connectivity index (χ4n) is 4.00. The molecule has 0 bridgehead atoms. The Morgan fingerprint density at radius 3 is 2.59 bits per heavy atom. The van der Waals surface area contributed by atoms with E-state index < -0.39 is 38.9 Å². The van der Waals surface area contributed by atoms with Crippen LogP contribution in [0.1, 0.15) is 45.1 Å². The summed E-state index contributed by atoms with van der Waals surface area (Å²) in [5, 5.41) is 18.0. The van der Waals surface area contributed by atoms with Crippen LogP contribution in [-0.2, 0) is 14.6 Å². The van der Waals surface area contributed by atoms with E-state index in [1.807, 2.05) is 0 Å². The monoisotopic (exact) mass is 486 g/mol. The molecular formula is C23H23FN4O5S. The molecule has 178 valence electrons. The molecule has 1 aromatic heterocycles. The number of nitrogens with one attached hydrogen (secondary N) is 2. The minimum Gasteiger partial charge on any atom is -0.481 e. The van der Waals surface area contributed by atoms with Gasteiger partial charge in [0.25, 0.3) is 5.91 Å². The van der Waals surface area contributed by atoms with Crippen molar-refractivity contribution in [3.8, 4) is 5.69 Å². The van der Waals surface area contributed by atoms with Gasteiger partial charge in [0.05, 0.1) is 23.9 Å². The number of hydrogen-bond acceptors (Lipinski definition) is 6. The number of hydrogen-bond donors (Lipinski definition) is 3. The summed E-state index contributed by atoms with van der Waals surface area (Å²) >= 11 is 0. The number of nitrogens with zero attached hydrogens (tertiary/aromatic N) is 2. The van der Waals surface area contributed by atoms with E-state index in [0.717, 1.165) is 10.2 Å². The molecule has 2 atom stereocenters. The second kappa shape index (κ2) is 9.35. The number of amides is 1. The lowest BCUT2D eigenvalue weighted by molar-refractivity contribution is -0.137. The van der Waals surface area contributed by atoms with Crippen LogP contribution >= 0.6 is 0 Å². The molecule has 3 aromatic rings. The second-order valence-corrected chi connectivity index (χ2v) is 10.2. The van der Waals surface area contributed by atoms with Crippen molar-refractivity contribution in [1.29, 1.82) is 0 Å². The summed E-state index contributed by atoms with van der Waals surface area (Å²) in [5.74, 6) is -2.55. The number of sulfone groups is 1. The van der Waals surface area contributed by atoms with E-state index >= 15 is 0 Å². The highest BCUT2D eigenvalue weighted by atomic mass is 32.2. The van der Waals surface area contributed by atoms with Gasteiger partial charge in [0.2, 0.25) is 0 Å². The second-order valence-electron chi connectivity index (χ2n) is 8.00. The molecule has 1 fully saturated rings. The summed E-state index contributed by atoms with van der Waals surface area (Å²) in [5.41, 5.74) is 1.35. The molecule has 2 heterocycles. The summed E-state index contributed by atoms with van der Waals surface area (Å²) in [6, 6.07) is 13.2. The summed E-state index contributed by atoms with van der Waals surface area (Å²) < 4.78 is 40.8. The number of aryl methyl sites for hydroxylation is 1. The van der Waals surface area contributed by atoms with Crippen LogP contribution in [0, 0.1) is 12.7 Å². The third-order valence-electron chi connectivity index (χ3n) is 5.64. The van der Waals surface area contributed by atoms with Crippen LogP contribution in [0.3, 0.4) is 0 Å². The fraction of sp³-hybridized carbons (Fsp3) is 0.261. The summed E-state index contributed by atoms with van der Waals surface area (Å²) in [7, 11) is -3.59. The van der Waals surface area contributed by atoms with Crippen molar-refractivity contribution in [3.63, 3.8) is 0 Å². The molecule has 2 aromatic carbocycles. The third-order valence-corrected chi connectivity index (χ3v) is 7.54. The number of carboxylic acid groups (broad SMARTS) is 1. The quantitative estimate of drug-likeness (QED) is 0.467. The molecule has 0 aliphatic carbocycles. The molecule has 4 rings (SSSR count). The largest absolute Gasteiger partial charge is 0.481 e. The first kappa shape index (κ1) is 23.6. The minimum absolute atomic E-state index is 0.0126. The molecule has 0 radical (unpaired) electrons. The predicted octanol–water partition coefficient (Wildman–Crippen LogP) is 2.28. The van der Waals surface area contributed by atoms with Crippen LogP contribution in [0.2, 0.25) is 0 Å². The van der Waals surface area contributed by atoms with Gasteiger partial charge >= 0.3 is 5.97 Å². The van der Waals surface area contributed by atoms with E-state index in [-0.39, 0.29) is 35.8 Å². The first-order valence-electron chi connectivity index (χ1n) is 10.6. The molecule has 1 aliphatic rings.